The molecule has 0 radical (unpaired) electrons. The number of aromatic nitrogens is 2. The van der Waals surface area contributed by atoms with Crippen LogP contribution in [-0.2, 0) is 0 Å². The van der Waals surface area contributed by atoms with Crippen LogP contribution in [0.15, 0.2) is 91.1 Å². The molecule has 0 bridgehead atoms. The predicted octanol–water partition coefficient (Wildman–Crippen LogP) is 6.42. The van der Waals surface area contributed by atoms with E-state index in [0.717, 1.165) is 34.5 Å². The minimum Gasteiger partial charge on any atom is -0.497 e. The fourth-order valence-corrected chi connectivity index (χ4v) is 3.06. The van der Waals surface area contributed by atoms with Gasteiger partial charge in [0.15, 0.2) is 0 Å². The minimum atomic E-state index is 0.875. The maximum absolute atomic E-state index is 5.17. The van der Waals surface area contributed by atoms with Gasteiger partial charge in [-0.2, -0.15) is 0 Å². The van der Waals surface area contributed by atoms with Crippen LogP contribution in [0, 0.1) is 0 Å². The molecule has 3 heteroatoms. The molecule has 0 N–H and O–H groups in total. The van der Waals surface area contributed by atoms with Crippen LogP contribution in [0.1, 0.15) is 17.5 Å². The van der Waals surface area contributed by atoms with Crippen molar-refractivity contribution in [3.8, 4) is 17.0 Å². The van der Waals surface area contributed by atoms with Crippen molar-refractivity contribution in [2.24, 2.45) is 0 Å². The number of rotatable bonds is 6. The lowest BCUT2D eigenvalue weighted by Gasteiger charge is -2.03. The molecule has 29 heavy (non-hydrogen) atoms. The molecule has 0 atom stereocenters. The highest BCUT2D eigenvalue weighted by Crippen LogP contribution is 2.20. The molecule has 0 saturated carbocycles. The van der Waals surface area contributed by atoms with Gasteiger partial charge in [-0.05, 0) is 41.8 Å². The summed E-state index contributed by atoms with van der Waals surface area (Å²) < 4.78 is 5.17. The van der Waals surface area contributed by atoms with Crippen molar-refractivity contribution in [1.29, 1.82) is 0 Å². The standard InChI is InChI=1S/C26H22N2O/c1-29-23-17-13-21(14-18-23)8-4-2-3-7-20-11-15-22(16-12-20)26-19-27-24-9-5-6-10-25(24)28-26/h3-19H,2H2,1H3. The van der Waals surface area contributed by atoms with Gasteiger partial charge in [-0.25, -0.2) is 4.98 Å². The molecule has 3 nitrogen and oxygen atoms in total. The molecule has 3 aromatic carbocycles. The van der Waals surface area contributed by atoms with Crippen LogP contribution in [0.25, 0.3) is 34.4 Å². The van der Waals surface area contributed by atoms with E-state index in [1.165, 1.54) is 11.1 Å². The molecule has 0 aliphatic carbocycles. The zero-order valence-corrected chi connectivity index (χ0v) is 16.3. The van der Waals surface area contributed by atoms with E-state index in [1.807, 2.05) is 54.7 Å². The third kappa shape index (κ3) is 4.77. The average Bonchev–Trinajstić information content (AvgIpc) is 2.79. The molecule has 0 saturated heterocycles. The molecule has 1 aromatic heterocycles. The van der Waals surface area contributed by atoms with Crippen molar-refractivity contribution < 1.29 is 4.74 Å². The third-order valence-corrected chi connectivity index (χ3v) is 4.66. The average molecular weight is 378 g/mol. The third-order valence-electron chi connectivity index (χ3n) is 4.66. The number of nitrogens with zero attached hydrogens (tertiary/aromatic N) is 2. The van der Waals surface area contributed by atoms with Gasteiger partial charge in [-0.3, -0.25) is 4.98 Å². The van der Waals surface area contributed by atoms with Crippen molar-refractivity contribution in [3.63, 3.8) is 0 Å². The van der Waals surface area contributed by atoms with Crippen LogP contribution in [0.3, 0.4) is 0 Å². The molecular formula is C26H22N2O. The maximum atomic E-state index is 5.17. The molecule has 4 rings (SSSR count). The quantitative estimate of drug-likeness (QED) is 0.388. The number of fused-ring (bicyclic) bond motifs is 1. The summed E-state index contributed by atoms with van der Waals surface area (Å²) in [7, 11) is 1.68. The van der Waals surface area contributed by atoms with Gasteiger partial charge in [0, 0.05) is 5.56 Å². The lowest BCUT2D eigenvalue weighted by molar-refractivity contribution is 0.415. The summed E-state index contributed by atoms with van der Waals surface area (Å²) in [6, 6.07) is 24.4. The first kappa shape index (κ1) is 18.6. The Morgan fingerprint density at radius 3 is 2.03 bits per heavy atom. The van der Waals surface area contributed by atoms with E-state index in [1.54, 1.807) is 7.11 Å². The van der Waals surface area contributed by atoms with Crippen molar-refractivity contribution in [2.45, 2.75) is 6.42 Å². The topological polar surface area (TPSA) is 35.0 Å². The van der Waals surface area contributed by atoms with Crippen LogP contribution in [0.2, 0.25) is 0 Å². The summed E-state index contributed by atoms with van der Waals surface area (Å²) in [6.07, 6.45) is 11.3. The van der Waals surface area contributed by atoms with Crippen LogP contribution in [-0.4, -0.2) is 17.1 Å². The summed E-state index contributed by atoms with van der Waals surface area (Å²) >= 11 is 0. The lowest BCUT2D eigenvalue weighted by Crippen LogP contribution is -1.88. The molecule has 0 amide bonds. The predicted molar refractivity (Wildman–Crippen MR) is 121 cm³/mol. The zero-order valence-electron chi connectivity index (χ0n) is 16.3. The van der Waals surface area contributed by atoms with Gasteiger partial charge in [0.25, 0.3) is 0 Å². The first-order valence-electron chi connectivity index (χ1n) is 9.61. The summed E-state index contributed by atoms with van der Waals surface area (Å²) in [6.45, 7) is 0. The van der Waals surface area contributed by atoms with Crippen molar-refractivity contribution in [3.05, 3.63) is 102 Å². The van der Waals surface area contributed by atoms with E-state index < -0.39 is 0 Å². The van der Waals surface area contributed by atoms with E-state index in [-0.39, 0.29) is 0 Å². The van der Waals surface area contributed by atoms with Crippen molar-refractivity contribution >= 4 is 23.2 Å². The number of allylic oxidation sites excluding steroid dienone is 2. The van der Waals surface area contributed by atoms with Gasteiger partial charge >= 0.3 is 0 Å². The van der Waals surface area contributed by atoms with E-state index in [4.69, 9.17) is 9.72 Å². The van der Waals surface area contributed by atoms with E-state index >= 15 is 0 Å². The summed E-state index contributed by atoms with van der Waals surface area (Å²) in [5, 5.41) is 0. The van der Waals surface area contributed by atoms with Crippen LogP contribution in [0.4, 0.5) is 0 Å². The van der Waals surface area contributed by atoms with E-state index in [9.17, 15) is 0 Å². The Morgan fingerprint density at radius 2 is 1.38 bits per heavy atom. The van der Waals surface area contributed by atoms with Crippen LogP contribution in [0.5, 0.6) is 5.75 Å². The zero-order chi connectivity index (χ0) is 19.9. The SMILES string of the molecule is COc1ccc(C=CCC=Cc2ccc(-c3cnc4ccccc4n3)cc2)cc1. The van der Waals surface area contributed by atoms with Crippen LogP contribution < -0.4 is 4.74 Å². The van der Waals surface area contributed by atoms with Crippen LogP contribution >= 0.6 is 0 Å². The molecule has 0 aliphatic rings. The Bertz CT molecular complexity index is 1140. The molecule has 1 heterocycles. The number of benzene rings is 3. The highest BCUT2D eigenvalue weighted by atomic mass is 16.5. The molecule has 0 fully saturated rings. The van der Waals surface area contributed by atoms with Gasteiger partial charge in [0.05, 0.1) is 30.0 Å². The second-order valence-electron chi connectivity index (χ2n) is 6.68. The first-order chi connectivity index (χ1) is 14.3. The van der Waals surface area contributed by atoms with Gasteiger partial charge < -0.3 is 4.74 Å². The van der Waals surface area contributed by atoms with Gasteiger partial charge in [-0.1, -0.05) is 72.8 Å². The highest BCUT2D eigenvalue weighted by Gasteiger charge is 2.02. The molecular weight excluding hydrogens is 356 g/mol. The fourth-order valence-electron chi connectivity index (χ4n) is 3.06. The van der Waals surface area contributed by atoms with Gasteiger partial charge in [0.1, 0.15) is 5.75 Å². The minimum absolute atomic E-state index is 0.875. The summed E-state index contributed by atoms with van der Waals surface area (Å²) in [5.41, 5.74) is 6.12. The molecule has 0 unspecified atom stereocenters. The van der Waals surface area contributed by atoms with Crippen molar-refractivity contribution in [2.75, 3.05) is 7.11 Å². The van der Waals surface area contributed by atoms with E-state index in [2.05, 4.69) is 53.6 Å². The Kier molecular flexibility index (Phi) is 5.77. The molecule has 142 valence electrons. The molecule has 0 aliphatic heterocycles. The summed E-state index contributed by atoms with van der Waals surface area (Å²) in [5.74, 6) is 0.875. The molecule has 4 aromatic rings. The normalized spacial score (nSPS) is 11.5. The number of hydrogen-bond acceptors (Lipinski definition) is 3. The second-order valence-corrected chi connectivity index (χ2v) is 6.68. The fraction of sp³-hybridized carbons (Fsp3) is 0.0769. The number of hydrogen-bond donors (Lipinski definition) is 0. The second kappa shape index (κ2) is 8.98. The Hall–Kier alpha value is -3.72. The lowest BCUT2D eigenvalue weighted by atomic mass is 10.1. The summed E-state index contributed by atoms with van der Waals surface area (Å²) in [4.78, 5) is 9.20. The largest absolute Gasteiger partial charge is 0.497 e. The van der Waals surface area contributed by atoms with Gasteiger partial charge in [-0.15, -0.1) is 0 Å². The Morgan fingerprint density at radius 1 is 0.759 bits per heavy atom. The highest BCUT2D eigenvalue weighted by molar-refractivity contribution is 5.77. The smallest absolute Gasteiger partial charge is 0.118 e. The van der Waals surface area contributed by atoms with E-state index in [0.29, 0.717) is 0 Å². The number of ether oxygens (including phenoxy) is 1. The number of methoxy groups -OCH3 is 1. The Labute approximate surface area is 171 Å². The first-order valence-corrected chi connectivity index (χ1v) is 9.61. The Balaban J connectivity index is 1.37. The number of para-hydroxylation sites is 2. The maximum Gasteiger partial charge on any atom is 0.118 e. The monoisotopic (exact) mass is 378 g/mol. The van der Waals surface area contributed by atoms with Crippen molar-refractivity contribution in [1.82, 2.24) is 9.97 Å². The van der Waals surface area contributed by atoms with Gasteiger partial charge in [0.2, 0.25) is 0 Å². The molecule has 0 spiro atoms.